The molecule has 1 saturated heterocycles. The molecule has 32 heavy (non-hydrogen) atoms. The van der Waals surface area contributed by atoms with Gasteiger partial charge in [-0.15, -0.1) is 0 Å². The molecule has 1 amide bonds. The molecular weight excluding hydrogens is 542 g/mol. The minimum Gasteiger partial charge on any atom is -0.507 e. The summed E-state index contributed by atoms with van der Waals surface area (Å²) < 4.78 is 1.58. The van der Waals surface area contributed by atoms with E-state index in [4.69, 9.17) is 0 Å². The second-order valence-electron chi connectivity index (χ2n) is 7.08. The van der Waals surface area contributed by atoms with E-state index in [1.807, 2.05) is 0 Å². The molecule has 0 spiro atoms. The van der Waals surface area contributed by atoms with Gasteiger partial charge in [-0.1, -0.05) is 56.1 Å². The van der Waals surface area contributed by atoms with Crippen LogP contribution >= 0.6 is 31.9 Å². The van der Waals surface area contributed by atoms with Crippen molar-refractivity contribution in [1.82, 2.24) is 0 Å². The molecule has 0 saturated carbocycles. The largest absolute Gasteiger partial charge is 0.507 e. The van der Waals surface area contributed by atoms with Crippen molar-refractivity contribution in [3.8, 4) is 0 Å². The first-order chi connectivity index (χ1) is 15.3. The van der Waals surface area contributed by atoms with Crippen molar-refractivity contribution in [3.63, 3.8) is 0 Å². The third-order valence-electron chi connectivity index (χ3n) is 5.12. The van der Waals surface area contributed by atoms with Crippen LogP contribution in [0.1, 0.15) is 27.5 Å². The number of anilines is 1. The molecular formula is C24H15Br2NO5. The molecule has 8 heteroatoms. The molecule has 0 radical (unpaired) electrons. The van der Waals surface area contributed by atoms with Gasteiger partial charge in [0.25, 0.3) is 11.7 Å². The number of amides is 1. The number of carbonyl (C=O) groups is 3. The van der Waals surface area contributed by atoms with Crippen molar-refractivity contribution < 1.29 is 24.6 Å². The van der Waals surface area contributed by atoms with Crippen LogP contribution in [0.25, 0.3) is 5.76 Å². The monoisotopic (exact) mass is 555 g/mol. The molecule has 0 unspecified atom stereocenters. The van der Waals surface area contributed by atoms with Gasteiger partial charge in [-0.25, -0.2) is 4.79 Å². The lowest BCUT2D eigenvalue weighted by molar-refractivity contribution is -0.132. The lowest BCUT2D eigenvalue weighted by atomic mass is 9.94. The number of carbonyl (C=O) groups excluding carboxylic acids is 2. The van der Waals surface area contributed by atoms with Crippen LogP contribution in [0.15, 0.2) is 87.3 Å². The number of rotatable bonds is 4. The molecule has 0 aromatic heterocycles. The SMILES string of the molecule is O=C1C(=O)N(c2ccc(Br)cc2)[C@@H](c2cccc(C(=O)O)c2)C1=C(O)c1ccc(Br)cc1. The number of Topliss-reactive ketones (excluding diaryl/α,β-unsaturated/α-hetero) is 1. The quantitative estimate of drug-likeness (QED) is 0.250. The Hall–Kier alpha value is -3.23. The van der Waals surface area contributed by atoms with E-state index in [2.05, 4.69) is 31.9 Å². The van der Waals surface area contributed by atoms with E-state index in [1.165, 1.54) is 17.0 Å². The van der Waals surface area contributed by atoms with Crippen molar-refractivity contribution >= 4 is 61.0 Å². The van der Waals surface area contributed by atoms with Gasteiger partial charge in [-0.2, -0.15) is 0 Å². The highest BCUT2D eigenvalue weighted by Crippen LogP contribution is 2.42. The van der Waals surface area contributed by atoms with E-state index >= 15 is 0 Å². The summed E-state index contributed by atoms with van der Waals surface area (Å²) in [6.07, 6.45) is 0. The Morgan fingerprint density at radius 2 is 1.41 bits per heavy atom. The molecule has 1 aliphatic rings. The first-order valence-corrected chi connectivity index (χ1v) is 11.0. The Balaban J connectivity index is 1.96. The Morgan fingerprint density at radius 3 is 2.00 bits per heavy atom. The number of hydrogen-bond acceptors (Lipinski definition) is 4. The minimum atomic E-state index is -1.14. The summed E-state index contributed by atoms with van der Waals surface area (Å²) in [5.41, 5.74) is 1.10. The van der Waals surface area contributed by atoms with Gasteiger partial charge in [0, 0.05) is 20.2 Å². The average Bonchev–Trinajstić information content (AvgIpc) is 3.05. The predicted molar refractivity (Wildman–Crippen MR) is 126 cm³/mol. The van der Waals surface area contributed by atoms with E-state index in [-0.39, 0.29) is 16.9 Å². The Kier molecular flexibility index (Phi) is 5.99. The van der Waals surface area contributed by atoms with E-state index in [9.17, 15) is 24.6 Å². The summed E-state index contributed by atoms with van der Waals surface area (Å²) >= 11 is 6.68. The maximum absolute atomic E-state index is 13.1. The number of carboxylic acids is 1. The molecule has 0 bridgehead atoms. The van der Waals surface area contributed by atoms with Crippen LogP contribution in [-0.2, 0) is 9.59 Å². The number of aliphatic hydroxyl groups excluding tert-OH is 1. The number of halogens is 2. The van der Waals surface area contributed by atoms with Crippen LogP contribution in [-0.4, -0.2) is 27.9 Å². The van der Waals surface area contributed by atoms with Gasteiger partial charge < -0.3 is 10.2 Å². The summed E-state index contributed by atoms with van der Waals surface area (Å²) in [4.78, 5) is 39.0. The second-order valence-corrected chi connectivity index (χ2v) is 8.91. The number of hydrogen-bond donors (Lipinski definition) is 2. The lowest BCUT2D eigenvalue weighted by Crippen LogP contribution is -2.29. The molecule has 2 N–H and O–H groups in total. The number of ketones is 1. The Bertz CT molecular complexity index is 1270. The standard InChI is InChI=1S/C24H15Br2NO5/c25-16-6-4-13(5-7-16)21(28)19-20(14-2-1-3-15(12-14)24(31)32)27(23(30)22(19)29)18-10-8-17(26)9-11-18/h1-12,20,28H,(H,31,32)/t20-/m0/s1. The second kappa shape index (κ2) is 8.72. The fourth-order valence-corrected chi connectivity index (χ4v) is 4.15. The van der Waals surface area contributed by atoms with Gasteiger partial charge in [0.2, 0.25) is 0 Å². The van der Waals surface area contributed by atoms with Gasteiger partial charge in [0.15, 0.2) is 0 Å². The van der Waals surface area contributed by atoms with E-state index < -0.39 is 23.7 Å². The number of aliphatic hydroxyl groups is 1. The Morgan fingerprint density at radius 1 is 0.812 bits per heavy atom. The number of benzene rings is 3. The van der Waals surface area contributed by atoms with Crippen LogP contribution < -0.4 is 4.90 Å². The summed E-state index contributed by atoms with van der Waals surface area (Å²) in [6.45, 7) is 0. The summed E-state index contributed by atoms with van der Waals surface area (Å²) in [7, 11) is 0. The zero-order chi connectivity index (χ0) is 23.0. The Labute approximate surface area is 200 Å². The highest BCUT2D eigenvalue weighted by molar-refractivity contribution is 9.10. The van der Waals surface area contributed by atoms with E-state index in [0.717, 1.165) is 8.95 Å². The first kappa shape index (κ1) is 22.0. The number of nitrogens with zero attached hydrogens (tertiary/aromatic N) is 1. The van der Waals surface area contributed by atoms with E-state index in [0.29, 0.717) is 16.8 Å². The fraction of sp³-hybridized carbons (Fsp3) is 0.0417. The molecule has 1 heterocycles. The molecule has 3 aromatic rings. The first-order valence-electron chi connectivity index (χ1n) is 9.43. The van der Waals surface area contributed by atoms with Crippen molar-refractivity contribution in [2.75, 3.05) is 4.90 Å². The van der Waals surface area contributed by atoms with Crippen LogP contribution in [0, 0.1) is 0 Å². The maximum atomic E-state index is 13.1. The topological polar surface area (TPSA) is 94.9 Å². The van der Waals surface area contributed by atoms with Gasteiger partial charge in [-0.3, -0.25) is 14.5 Å². The summed E-state index contributed by atoms with van der Waals surface area (Å²) in [6, 6.07) is 18.5. The van der Waals surface area contributed by atoms with Crippen molar-refractivity contribution in [1.29, 1.82) is 0 Å². The summed E-state index contributed by atoms with van der Waals surface area (Å²) in [5.74, 6) is -3.13. The van der Waals surface area contributed by atoms with Gasteiger partial charge >= 0.3 is 5.97 Å². The molecule has 6 nitrogen and oxygen atoms in total. The highest BCUT2D eigenvalue weighted by Gasteiger charge is 2.47. The van der Waals surface area contributed by atoms with Gasteiger partial charge in [0.1, 0.15) is 5.76 Å². The molecule has 1 fully saturated rings. The third kappa shape index (κ3) is 3.99. The number of aromatic carboxylic acids is 1. The average molecular weight is 557 g/mol. The maximum Gasteiger partial charge on any atom is 0.335 e. The van der Waals surface area contributed by atoms with E-state index in [1.54, 1.807) is 60.7 Å². The highest BCUT2D eigenvalue weighted by atomic mass is 79.9. The lowest BCUT2D eigenvalue weighted by Gasteiger charge is -2.25. The van der Waals surface area contributed by atoms with Crippen molar-refractivity contribution in [2.24, 2.45) is 0 Å². The van der Waals surface area contributed by atoms with Crippen molar-refractivity contribution in [3.05, 3.63) is 104 Å². The molecule has 1 atom stereocenters. The molecule has 160 valence electrons. The minimum absolute atomic E-state index is 0.00698. The van der Waals surface area contributed by atoms with Crippen molar-refractivity contribution in [2.45, 2.75) is 6.04 Å². The third-order valence-corrected chi connectivity index (χ3v) is 6.17. The van der Waals surface area contributed by atoms with Crippen LogP contribution in [0.3, 0.4) is 0 Å². The van der Waals surface area contributed by atoms with Crippen LogP contribution in [0.4, 0.5) is 5.69 Å². The molecule has 0 aliphatic carbocycles. The fourth-order valence-electron chi connectivity index (χ4n) is 3.62. The number of carboxylic acid groups (broad SMARTS) is 1. The summed E-state index contributed by atoms with van der Waals surface area (Å²) in [5, 5.41) is 20.5. The van der Waals surface area contributed by atoms with Gasteiger partial charge in [-0.05, 0) is 54.1 Å². The zero-order valence-corrected chi connectivity index (χ0v) is 19.5. The van der Waals surface area contributed by atoms with Crippen LogP contribution in [0.2, 0.25) is 0 Å². The molecule has 4 rings (SSSR count). The smallest absolute Gasteiger partial charge is 0.335 e. The molecule has 1 aliphatic heterocycles. The van der Waals surface area contributed by atoms with Gasteiger partial charge in [0.05, 0.1) is 17.2 Å². The normalized spacial score (nSPS) is 17.6. The zero-order valence-electron chi connectivity index (χ0n) is 16.3. The van der Waals surface area contributed by atoms with Crippen LogP contribution in [0.5, 0.6) is 0 Å². The molecule has 3 aromatic carbocycles. The predicted octanol–water partition coefficient (Wildman–Crippen LogP) is 5.54.